The molecule has 0 fully saturated rings. The van der Waals surface area contributed by atoms with Crippen LogP contribution in [0, 0.1) is 6.92 Å². The van der Waals surface area contributed by atoms with Gasteiger partial charge in [0.1, 0.15) is 0 Å². The van der Waals surface area contributed by atoms with Crippen molar-refractivity contribution in [1.29, 1.82) is 0 Å². The van der Waals surface area contributed by atoms with E-state index in [1.807, 2.05) is 36.6 Å². The van der Waals surface area contributed by atoms with Crippen LogP contribution in [0.5, 0.6) is 0 Å². The minimum Gasteiger partial charge on any atom is -0.392 e. The highest BCUT2D eigenvalue weighted by molar-refractivity contribution is 9.10. The SMILES string of the molecule is Cc1nc(CC(O)Cc2ccccc2Br)cs1. The predicted molar refractivity (Wildman–Crippen MR) is 74.4 cm³/mol. The summed E-state index contributed by atoms with van der Waals surface area (Å²) >= 11 is 5.11. The zero-order valence-corrected chi connectivity index (χ0v) is 12.0. The summed E-state index contributed by atoms with van der Waals surface area (Å²) in [5, 5.41) is 13.1. The summed E-state index contributed by atoms with van der Waals surface area (Å²) in [5.41, 5.74) is 2.11. The maximum atomic E-state index is 10.0. The number of aliphatic hydroxyl groups is 1. The van der Waals surface area contributed by atoms with Gasteiger partial charge in [0.25, 0.3) is 0 Å². The number of hydrogen-bond acceptors (Lipinski definition) is 3. The fraction of sp³-hybridized carbons (Fsp3) is 0.308. The third kappa shape index (κ3) is 3.63. The lowest BCUT2D eigenvalue weighted by molar-refractivity contribution is 0.174. The Kier molecular flexibility index (Phi) is 4.31. The van der Waals surface area contributed by atoms with Crippen molar-refractivity contribution in [2.24, 2.45) is 0 Å². The minimum atomic E-state index is -0.379. The van der Waals surface area contributed by atoms with E-state index in [0.29, 0.717) is 12.8 Å². The molecule has 0 saturated heterocycles. The number of aryl methyl sites for hydroxylation is 1. The van der Waals surface area contributed by atoms with Gasteiger partial charge in [-0.15, -0.1) is 11.3 Å². The molecule has 17 heavy (non-hydrogen) atoms. The molecule has 0 aliphatic heterocycles. The maximum absolute atomic E-state index is 10.0. The van der Waals surface area contributed by atoms with Crippen molar-refractivity contribution in [2.75, 3.05) is 0 Å². The Bertz CT molecular complexity index is 498. The van der Waals surface area contributed by atoms with E-state index in [-0.39, 0.29) is 6.10 Å². The lowest BCUT2D eigenvalue weighted by Gasteiger charge is -2.10. The highest BCUT2D eigenvalue weighted by atomic mass is 79.9. The molecule has 1 atom stereocenters. The first-order valence-electron chi connectivity index (χ1n) is 5.47. The molecule has 0 aliphatic rings. The van der Waals surface area contributed by atoms with Gasteiger partial charge in [-0.05, 0) is 25.0 Å². The molecule has 0 radical (unpaired) electrons. The van der Waals surface area contributed by atoms with Crippen LogP contribution in [0.4, 0.5) is 0 Å². The molecule has 1 heterocycles. The number of aromatic nitrogens is 1. The van der Waals surface area contributed by atoms with Gasteiger partial charge < -0.3 is 5.11 Å². The monoisotopic (exact) mass is 311 g/mol. The number of rotatable bonds is 4. The Hall–Kier alpha value is -0.710. The van der Waals surface area contributed by atoms with Crippen molar-refractivity contribution >= 4 is 27.3 Å². The molecule has 0 bridgehead atoms. The van der Waals surface area contributed by atoms with E-state index in [9.17, 15) is 5.11 Å². The zero-order valence-electron chi connectivity index (χ0n) is 9.56. The van der Waals surface area contributed by atoms with Crippen LogP contribution in [0.2, 0.25) is 0 Å². The van der Waals surface area contributed by atoms with Gasteiger partial charge in [-0.1, -0.05) is 34.1 Å². The summed E-state index contributed by atoms with van der Waals surface area (Å²) in [5.74, 6) is 0. The van der Waals surface area contributed by atoms with E-state index in [0.717, 1.165) is 20.7 Å². The summed E-state index contributed by atoms with van der Waals surface area (Å²) < 4.78 is 1.05. The van der Waals surface area contributed by atoms with Crippen LogP contribution < -0.4 is 0 Å². The first-order valence-corrected chi connectivity index (χ1v) is 7.15. The number of halogens is 1. The van der Waals surface area contributed by atoms with Crippen LogP contribution in [-0.2, 0) is 12.8 Å². The molecule has 2 aromatic rings. The van der Waals surface area contributed by atoms with Crippen molar-refractivity contribution < 1.29 is 5.11 Å². The number of thiazole rings is 1. The summed E-state index contributed by atoms with van der Waals surface area (Å²) in [6.07, 6.45) is 0.888. The van der Waals surface area contributed by atoms with Crippen LogP contribution in [-0.4, -0.2) is 16.2 Å². The van der Waals surface area contributed by atoms with E-state index in [4.69, 9.17) is 0 Å². The number of aliphatic hydroxyl groups excluding tert-OH is 1. The smallest absolute Gasteiger partial charge is 0.0897 e. The Morgan fingerprint density at radius 2 is 2.12 bits per heavy atom. The van der Waals surface area contributed by atoms with E-state index in [2.05, 4.69) is 20.9 Å². The molecule has 0 spiro atoms. The van der Waals surface area contributed by atoms with Gasteiger partial charge in [-0.3, -0.25) is 0 Å². The van der Waals surface area contributed by atoms with Crippen LogP contribution >= 0.6 is 27.3 Å². The van der Waals surface area contributed by atoms with Gasteiger partial charge in [0.15, 0.2) is 0 Å². The molecule has 1 unspecified atom stereocenters. The largest absolute Gasteiger partial charge is 0.392 e. The standard InChI is InChI=1S/C13H14BrNOS/c1-9-15-11(8-17-9)7-12(16)6-10-4-2-3-5-13(10)14/h2-5,8,12,16H,6-7H2,1H3. The maximum Gasteiger partial charge on any atom is 0.0897 e. The Labute approximate surface area is 113 Å². The average Bonchev–Trinajstić information content (AvgIpc) is 2.67. The second-order valence-electron chi connectivity index (χ2n) is 4.01. The van der Waals surface area contributed by atoms with E-state index >= 15 is 0 Å². The van der Waals surface area contributed by atoms with Crippen LogP contribution in [0.15, 0.2) is 34.1 Å². The van der Waals surface area contributed by atoms with Crippen molar-refractivity contribution in [3.63, 3.8) is 0 Å². The zero-order chi connectivity index (χ0) is 12.3. The summed E-state index contributed by atoms with van der Waals surface area (Å²) in [7, 11) is 0. The fourth-order valence-electron chi connectivity index (χ4n) is 1.73. The van der Waals surface area contributed by atoms with Gasteiger partial charge >= 0.3 is 0 Å². The molecule has 0 amide bonds. The molecular formula is C13H14BrNOS. The third-order valence-electron chi connectivity index (χ3n) is 2.52. The number of benzene rings is 1. The molecule has 90 valence electrons. The highest BCUT2D eigenvalue weighted by Crippen LogP contribution is 2.19. The quantitative estimate of drug-likeness (QED) is 0.939. The van der Waals surface area contributed by atoms with Gasteiger partial charge in [0.2, 0.25) is 0 Å². The first kappa shape index (κ1) is 12.7. The van der Waals surface area contributed by atoms with Gasteiger partial charge in [-0.2, -0.15) is 0 Å². The highest BCUT2D eigenvalue weighted by Gasteiger charge is 2.10. The summed E-state index contributed by atoms with van der Waals surface area (Å²) in [6, 6.07) is 7.98. The Balaban J connectivity index is 1.98. The molecular weight excluding hydrogens is 298 g/mol. The van der Waals surface area contributed by atoms with E-state index in [1.165, 1.54) is 0 Å². The molecule has 0 aliphatic carbocycles. The number of hydrogen-bond donors (Lipinski definition) is 1. The summed E-state index contributed by atoms with van der Waals surface area (Å²) in [6.45, 7) is 1.98. The lowest BCUT2D eigenvalue weighted by atomic mass is 10.0. The van der Waals surface area contributed by atoms with E-state index < -0.39 is 0 Å². The molecule has 2 nitrogen and oxygen atoms in total. The van der Waals surface area contributed by atoms with Crippen LogP contribution in [0.3, 0.4) is 0 Å². The molecule has 0 saturated carbocycles. The Morgan fingerprint density at radius 1 is 1.35 bits per heavy atom. The van der Waals surface area contributed by atoms with Crippen molar-refractivity contribution in [3.05, 3.63) is 50.4 Å². The van der Waals surface area contributed by atoms with Crippen molar-refractivity contribution in [3.8, 4) is 0 Å². The normalized spacial score (nSPS) is 12.6. The molecule has 1 aromatic heterocycles. The van der Waals surface area contributed by atoms with Crippen molar-refractivity contribution in [2.45, 2.75) is 25.9 Å². The fourth-order valence-corrected chi connectivity index (χ4v) is 2.81. The second-order valence-corrected chi connectivity index (χ2v) is 5.93. The third-order valence-corrected chi connectivity index (χ3v) is 4.12. The van der Waals surface area contributed by atoms with Gasteiger partial charge in [0.05, 0.1) is 16.8 Å². The van der Waals surface area contributed by atoms with Gasteiger partial charge in [-0.25, -0.2) is 4.98 Å². The van der Waals surface area contributed by atoms with Crippen LogP contribution in [0.25, 0.3) is 0 Å². The topological polar surface area (TPSA) is 33.1 Å². The van der Waals surface area contributed by atoms with Crippen molar-refractivity contribution in [1.82, 2.24) is 4.98 Å². The molecule has 4 heteroatoms. The second kappa shape index (κ2) is 5.76. The molecule has 1 N–H and O–H groups in total. The lowest BCUT2D eigenvalue weighted by Crippen LogP contribution is -2.14. The Morgan fingerprint density at radius 3 is 2.76 bits per heavy atom. The average molecular weight is 312 g/mol. The number of nitrogens with zero attached hydrogens (tertiary/aromatic N) is 1. The molecule has 2 rings (SSSR count). The van der Waals surface area contributed by atoms with Crippen LogP contribution in [0.1, 0.15) is 16.3 Å². The minimum absolute atomic E-state index is 0.379. The summed E-state index contributed by atoms with van der Waals surface area (Å²) in [4.78, 5) is 4.36. The predicted octanol–water partition coefficient (Wildman–Crippen LogP) is 3.36. The molecule has 1 aromatic carbocycles. The first-order chi connectivity index (χ1) is 8.15. The van der Waals surface area contributed by atoms with E-state index in [1.54, 1.807) is 11.3 Å². The van der Waals surface area contributed by atoms with Gasteiger partial charge in [0, 0.05) is 16.3 Å².